The number of anilines is 1. The van der Waals surface area contributed by atoms with Gasteiger partial charge in [0, 0.05) is 11.2 Å². The van der Waals surface area contributed by atoms with E-state index in [1.807, 2.05) is 19.9 Å². The van der Waals surface area contributed by atoms with Gasteiger partial charge in [0.05, 0.1) is 11.0 Å². The third-order valence-corrected chi connectivity index (χ3v) is 3.98. The number of carboxylic acid groups (broad SMARTS) is 1. The Labute approximate surface area is 119 Å². The minimum absolute atomic E-state index is 0.435. The third kappa shape index (κ3) is 2.74. The molecule has 2 N–H and O–H groups in total. The van der Waals surface area contributed by atoms with Gasteiger partial charge in [0.2, 0.25) is 0 Å². The molecule has 0 saturated heterocycles. The van der Waals surface area contributed by atoms with Gasteiger partial charge < -0.3 is 10.4 Å². The Hall–Kier alpha value is -2.09. The predicted octanol–water partition coefficient (Wildman–Crippen LogP) is 2.87. The lowest BCUT2D eigenvalue weighted by molar-refractivity contribution is -0.149. The molecule has 0 unspecified atom stereocenters. The number of carbonyl (C=O) groups is 1. The Morgan fingerprint density at radius 2 is 1.90 bits per heavy atom. The van der Waals surface area contributed by atoms with Crippen LogP contribution in [-0.2, 0) is 4.79 Å². The molecule has 0 amide bonds. The molecule has 0 atom stereocenters. The van der Waals surface area contributed by atoms with Crippen LogP contribution in [0.4, 0.5) is 5.82 Å². The SMILES string of the molecule is Cc1cc(C)c(C#N)c(NC(C)(C)C(C)(C)C(=O)O)n1. The molecule has 5 nitrogen and oxygen atoms in total. The van der Waals surface area contributed by atoms with Crippen LogP contribution in [0.15, 0.2) is 6.07 Å². The zero-order valence-electron chi connectivity index (χ0n) is 12.8. The van der Waals surface area contributed by atoms with Gasteiger partial charge >= 0.3 is 5.97 Å². The van der Waals surface area contributed by atoms with E-state index in [1.54, 1.807) is 27.7 Å². The number of carboxylic acids is 1. The second-order valence-corrected chi connectivity index (χ2v) is 6.10. The molecule has 20 heavy (non-hydrogen) atoms. The first kappa shape index (κ1) is 16.0. The van der Waals surface area contributed by atoms with Gasteiger partial charge in [-0.2, -0.15) is 5.26 Å². The third-order valence-electron chi connectivity index (χ3n) is 3.98. The van der Waals surface area contributed by atoms with E-state index in [4.69, 9.17) is 0 Å². The molecule has 1 rings (SSSR count). The van der Waals surface area contributed by atoms with E-state index < -0.39 is 16.9 Å². The Bertz CT molecular complexity index is 584. The number of pyridine rings is 1. The minimum Gasteiger partial charge on any atom is -0.481 e. The first-order chi connectivity index (χ1) is 9.02. The van der Waals surface area contributed by atoms with E-state index >= 15 is 0 Å². The maximum atomic E-state index is 11.4. The number of hydrogen-bond donors (Lipinski definition) is 2. The van der Waals surface area contributed by atoms with Crippen molar-refractivity contribution in [3.63, 3.8) is 0 Å². The fourth-order valence-electron chi connectivity index (χ4n) is 1.79. The summed E-state index contributed by atoms with van der Waals surface area (Å²) in [6.45, 7) is 10.6. The van der Waals surface area contributed by atoms with Crippen LogP contribution in [0.1, 0.15) is 44.5 Å². The topological polar surface area (TPSA) is 86.0 Å². The molecule has 108 valence electrons. The predicted molar refractivity (Wildman–Crippen MR) is 77.5 cm³/mol. The number of rotatable bonds is 4. The van der Waals surface area contributed by atoms with Crippen LogP contribution < -0.4 is 5.32 Å². The van der Waals surface area contributed by atoms with Crippen molar-refractivity contribution in [2.24, 2.45) is 5.41 Å². The summed E-state index contributed by atoms with van der Waals surface area (Å²) in [5, 5.41) is 21.7. The number of nitriles is 1. The van der Waals surface area contributed by atoms with Crippen molar-refractivity contribution in [3.05, 3.63) is 22.9 Å². The minimum atomic E-state index is -1.01. The number of aliphatic carboxylic acids is 1. The lowest BCUT2D eigenvalue weighted by atomic mass is 9.74. The highest BCUT2D eigenvalue weighted by Gasteiger charge is 2.44. The average molecular weight is 275 g/mol. The van der Waals surface area contributed by atoms with E-state index in [9.17, 15) is 15.2 Å². The van der Waals surface area contributed by atoms with Gasteiger partial charge in [-0.15, -0.1) is 0 Å². The van der Waals surface area contributed by atoms with E-state index in [0.717, 1.165) is 11.3 Å². The number of aromatic nitrogens is 1. The highest BCUT2D eigenvalue weighted by atomic mass is 16.4. The summed E-state index contributed by atoms with van der Waals surface area (Å²) in [6, 6.07) is 3.95. The van der Waals surface area contributed by atoms with Gasteiger partial charge in [-0.3, -0.25) is 4.79 Å². The molecular formula is C15H21N3O2. The number of nitrogens with one attached hydrogen (secondary N) is 1. The van der Waals surface area contributed by atoms with Crippen LogP contribution in [0.3, 0.4) is 0 Å². The van der Waals surface area contributed by atoms with Crippen molar-refractivity contribution in [1.82, 2.24) is 4.98 Å². The Morgan fingerprint density at radius 1 is 1.35 bits per heavy atom. The molecule has 0 spiro atoms. The second kappa shape index (κ2) is 5.12. The van der Waals surface area contributed by atoms with Crippen LogP contribution in [0, 0.1) is 30.6 Å². The summed E-state index contributed by atoms with van der Waals surface area (Å²) in [4.78, 5) is 15.8. The molecule has 1 aromatic rings. The van der Waals surface area contributed by atoms with Crippen molar-refractivity contribution in [1.29, 1.82) is 5.26 Å². The van der Waals surface area contributed by atoms with E-state index in [0.29, 0.717) is 11.4 Å². The Morgan fingerprint density at radius 3 is 2.35 bits per heavy atom. The van der Waals surface area contributed by atoms with Crippen molar-refractivity contribution >= 4 is 11.8 Å². The monoisotopic (exact) mass is 275 g/mol. The van der Waals surface area contributed by atoms with Gasteiger partial charge in [0.15, 0.2) is 0 Å². The lowest BCUT2D eigenvalue weighted by Crippen LogP contribution is -2.51. The summed E-state index contributed by atoms with van der Waals surface area (Å²) < 4.78 is 0. The van der Waals surface area contributed by atoms with Crippen LogP contribution in [-0.4, -0.2) is 21.6 Å². The van der Waals surface area contributed by atoms with Gasteiger partial charge in [-0.05, 0) is 53.2 Å². The van der Waals surface area contributed by atoms with E-state index in [2.05, 4.69) is 16.4 Å². The second-order valence-electron chi connectivity index (χ2n) is 6.10. The zero-order valence-corrected chi connectivity index (χ0v) is 12.8. The molecule has 0 aliphatic rings. The standard InChI is InChI=1S/C15H21N3O2/c1-9-7-10(2)17-12(11(9)8-16)18-15(5,6)14(3,4)13(19)20/h7H,1-6H3,(H,17,18)(H,19,20). The van der Waals surface area contributed by atoms with Crippen LogP contribution in [0.25, 0.3) is 0 Å². The van der Waals surface area contributed by atoms with Crippen LogP contribution >= 0.6 is 0 Å². The molecule has 5 heteroatoms. The molecule has 0 saturated carbocycles. The summed E-state index contributed by atoms with van der Waals surface area (Å²) in [5.41, 5.74) is 0.278. The van der Waals surface area contributed by atoms with E-state index in [-0.39, 0.29) is 0 Å². The van der Waals surface area contributed by atoms with Gasteiger partial charge in [-0.1, -0.05) is 0 Å². The summed E-state index contributed by atoms with van der Waals surface area (Å²) in [5.74, 6) is -0.470. The Kier molecular flexibility index (Phi) is 4.09. The Balaban J connectivity index is 3.30. The van der Waals surface area contributed by atoms with Crippen molar-refractivity contribution in [3.8, 4) is 6.07 Å². The molecule has 0 bridgehead atoms. The summed E-state index contributed by atoms with van der Waals surface area (Å²) in [6.07, 6.45) is 0. The highest BCUT2D eigenvalue weighted by molar-refractivity contribution is 5.76. The van der Waals surface area contributed by atoms with Crippen LogP contribution in [0.5, 0.6) is 0 Å². The summed E-state index contributed by atoms with van der Waals surface area (Å²) >= 11 is 0. The molecule has 0 radical (unpaired) electrons. The molecule has 0 aromatic carbocycles. The molecule has 1 heterocycles. The van der Waals surface area contributed by atoms with Gasteiger partial charge in [0.1, 0.15) is 11.9 Å². The molecular weight excluding hydrogens is 254 g/mol. The van der Waals surface area contributed by atoms with Gasteiger partial charge in [0.25, 0.3) is 0 Å². The molecule has 1 aromatic heterocycles. The fraction of sp³-hybridized carbons (Fsp3) is 0.533. The van der Waals surface area contributed by atoms with Crippen molar-refractivity contribution in [2.45, 2.75) is 47.1 Å². The maximum Gasteiger partial charge on any atom is 0.311 e. The average Bonchev–Trinajstić information content (AvgIpc) is 2.27. The molecule has 0 fully saturated rings. The number of hydrogen-bond acceptors (Lipinski definition) is 4. The number of nitrogens with zero attached hydrogens (tertiary/aromatic N) is 2. The first-order valence-electron chi connectivity index (χ1n) is 6.43. The zero-order chi connectivity index (χ0) is 15.7. The lowest BCUT2D eigenvalue weighted by Gasteiger charge is -2.39. The maximum absolute atomic E-state index is 11.4. The number of aryl methyl sites for hydroxylation is 2. The normalized spacial score (nSPS) is 11.8. The smallest absolute Gasteiger partial charge is 0.311 e. The van der Waals surface area contributed by atoms with E-state index in [1.165, 1.54) is 0 Å². The fourth-order valence-corrected chi connectivity index (χ4v) is 1.79. The van der Waals surface area contributed by atoms with Crippen molar-refractivity contribution < 1.29 is 9.90 Å². The quantitative estimate of drug-likeness (QED) is 0.882. The largest absolute Gasteiger partial charge is 0.481 e. The van der Waals surface area contributed by atoms with Gasteiger partial charge in [-0.25, -0.2) is 4.98 Å². The molecule has 0 aliphatic carbocycles. The van der Waals surface area contributed by atoms with Crippen molar-refractivity contribution in [2.75, 3.05) is 5.32 Å². The molecule has 0 aliphatic heterocycles. The highest BCUT2D eigenvalue weighted by Crippen LogP contribution is 2.34. The van der Waals surface area contributed by atoms with Crippen LogP contribution in [0.2, 0.25) is 0 Å². The first-order valence-corrected chi connectivity index (χ1v) is 6.43. The summed E-state index contributed by atoms with van der Waals surface area (Å²) in [7, 11) is 0.